The molecule has 0 aliphatic carbocycles. The maximum atomic E-state index is 13.3. The highest BCUT2D eigenvalue weighted by atomic mass is 32.2. The second-order valence-corrected chi connectivity index (χ2v) is 7.07. The number of thioether (sulfide) groups is 1. The number of hydrogen-bond donors (Lipinski definition) is 1. The third-order valence-corrected chi connectivity index (χ3v) is 5.60. The van der Waals surface area contributed by atoms with E-state index < -0.39 is 0 Å². The maximum absolute atomic E-state index is 13.3. The van der Waals surface area contributed by atoms with Crippen molar-refractivity contribution in [3.05, 3.63) is 77.8 Å². The number of carbonyl (C=O) groups is 1. The summed E-state index contributed by atoms with van der Waals surface area (Å²) in [4.78, 5) is 14.3. The van der Waals surface area contributed by atoms with Crippen molar-refractivity contribution in [3.8, 4) is 11.3 Å². The Bertz CT molecular complexity index is 925. The molecule has 2 heterocycles. The summed E-state index contributed by atoms with van der Waals surface area (Å²) in [6.45, 7) is 0.300. The SMILES string of the molecule is NCc1cc(-c2ccco2)ccc1N1C(=O)CSC1c1ccc(F)cc1. The first kappa shape index (κ1) is 16.9. The highest BCUT2D eigenvalue weighted by Crippen LogP contribution is 2.43. The van der Waals surface area contributed by atoms with E-state index in [4.69, 9.17) is 10.2 Å². The largest absolute Gasteiger partial charge is 0.464 e. The summed E-state index contributed by atoms with van der Waals surface area (Å²) >= 11 is 1.53. The summed E-state index contributed by atoms with van der Waals surface area (Å²) < 4.78 is 18.7. The van der Waals surface area contributed by atoms with Crippen molar-refractivity contribution in [2.75, 3.05) is 10.7 Å². The quantitative estimate of drug-likeness (QED) is 0.745. The van der Waals surface area contributed by atoms with Crippen LogP contribution in [0.15, 0.2) is 65.3 Å². The fraction of sp³-hybridized carbons (Fsp3) is 0.150. The van der Waals surface area contributed by atoms with E-state index in [1.165, 1.54) is 23.9 Å². The van der Waals surface area contributed by atoms with Crippen LogP contribution in [0.4, 0.5) is 10.1 Å². The number of anilines is 1. The van der Waals surface area contributed by atoms with Crippen molar-refractivity contribution in [1.29, 1.82) is 0 Å². The minimum atomic E-state index is -0.292. The molecule has 1 atom stereocenters. The van der Waals surface area contributed by atoms with E-state index in [-0.39, 0.29) is 17.1 Å². The first-order valence-electron chi connectivity index (χ1n) is 8.23. The fourth-order valence-electron chi connectivity index (χ4n) is 3.14. The lowest BCUT2D eigenvalue weighted by molar-refractivity contribution is -0.115. The number of rotatable bonds is 4. The lowest BCUT2D eigenvalue weighted by Crippen LogP contribution is -2.29. The Labute approximate surface area is 154 Å². The van der Waals surface area contributed by atoms with Crippen LogP contribution < -0.4 is 10.6 Å². The standard InChI is InChI=1S/C20H17FN2O2S/c21-16-6-3-13(4-7-16)20-23(19(24)12-26-20)17-8-5-14(10-15(17)11-22)18-2-1-9-25-18/h1-10,20H,11-12,22H2. The van der Waals surface area contributed by atoms with Gasteiger partial charge in [-0.2, -0.15) is 0 Å². The molecule has 6 heteroatoms. The van der Waals surface area contributed by atoms with Gasteiger partial charge < -0.3 is 10.2 Å². The molecular formula is C20H17FN2O2S. The number of halogens is 1. The maximum Gasteiger partial charge on any atom is 0.238 e. The summed E-state index contributed by atoms with van der Waals surface area (Å²) in [6, 6.07) is 15.8. The predicted octanol–water partition coefficient (Wildman–Crippen LogP) is 4.32. The molecule has 0 radical (unpaired) electrons. The number of nitrogens with zero attached hydrogens (tertiary/aromatic N) is 1. The minimum absolute atomic E-state index is 0.0183. The van der Waals surface area contributed by atoms with Crippen molar-refractivity contribution in [3.63, 3.8) is 0 Å². The van der Waals surface area contributed by atoms with Gasteiger partial charge in [0.25, 0.3) is 0 Å². The van der Waals surface area contributed by atoms with E-state index in [2.05, 4.69) is 0 Å². The third-order valence-electron chi connectivity index (χ3n) is 4.39. The Morgan fingerprint density at radius 3 is 2.69 bits per heavy atom. The zero-order valence-corrected chi connectivity index (χ0v) is 14.7. The van der Waals surface area contributed by atoms with Crippen molar-refractivity contribution in [2.45, 2.75) is 11.9 Å². The monoisotopic (exact) mass is 368 g/mol. The van der Waals surface area contributed by atoms with Crippen molar-refractivity contribution in [2.24, 2.45) is 5.73 Å². The highest BCUT2D eigenvalue weighted by molar-refractivity contribution is 8.00. The molecule has 4 nitrogen and oxygen atoms in total. The number of hydrogen-bond acceptors (Lipinski definition) is 4. The van der Waals surface area contributed by atoms with Gasteiger partial charge in [0.2, 0.25) is 5.91 Å². The van der Waals surface area contributed by atoms with Gasteiger partial charge >= 0.3 is 0 Å². The van der Waals surface area contributed by atoms with Crippen molar-refractivity contribution < 1.29 is 13.6 Å². The van der Waals surface area contributed by atoms with Crippen LogP contribution in [-0.2, 0) is 11.3 Å². The normalized spacial score (nSPS) is 17.1. The van der Waals surface area contributed by atoms with Gasteiger partial charge in [0.05, 0.1) is 12.0 Å². The molecule has 132 valence electrons. The predicted molar refractivity (Wildman–Crippen MR) is 101 cm³/mol. The van der Waals surface area contributed by atoms with Crippen LogP contribution in [0.2, 0.25) is 0 Å². The molecule has 1 saturated heterocycles. The van der Waals surface area contributed by atoms with Gasteiger partial charge in [-0.1, -0.05) is 12.1 Å². The Morgan fingerprint density at radius 2 is 2.00 bits per heavy atom. The van der Waals surface area contributed by atoms with E-state index >= 15 is 0 Å². The molecule has 1 aromatic heterocycles. The van der Waals surface area contributed by atoms with Gasteiger partial charge in [-0.3, -0.25) is 9.69 Å². The van der Waals surface area contributed by atoms with Gasteiger partial charge in [-0.25, -0.2) is 4.39 Å². The van der Waals surface area contributed by atoms with E-state index in [1.807, 2.05) is 30.3 Å². The molecule has 26 heavy (non-hydrogen) atoms. The van der Waals surface area contributed by atoms with Crippen LogP contribution in [-0.4, -0.2) is 11.7 Å². The van der Waals surface area contributed by atoms with Crippen LogP contribution in [0.5, 0.6) is 0 Å². The molecule has 0 spiro atoms. The van der Waals surface area contributed by atoms with Gasteiger partial charge in [0.1, 0.15) is 17.0 Å². The molecule has 4 rings (SSSR count). The Balaban J connectivity index is 1.74. The fourth-order valence-corrected chi connectivity index (χ4v) is 4.31. The molecule has 1 fully saturated rings. The zero-order valence-electron chi connectivity index (χ0n) is 13.9. The zero-order chi connectivity index (χ0) is 18.1. The lowest BCUT2D eigenvalue weighted by Gasteiger charge is -2.26. The van der Waals surface area contributed by atoms with Crippen LogP contribution in [0.25, 0.3) is 11.3 Å². The summed E-state index contributed by atoms with van der Waals surface area (Å²) in [5, 5.41) is -0.192. The van der Waals surface area contributed by atoms with E-state index in [0.29, 0.717) is 12.3 Å². The number of furan rings is 1. The Hall–Kier alpha value is -2.57. The average Bonchev–Trinajstić information content (AvgIpc) is 3.32. The number of nitrogens with two attached hydrogens (primary N) is 1. The van der Waals surface area contributed by atoms with Crippen LogP contribution >= 0.6 is 11.8 Å². The smallest absolute Gasteiger partial charge is 0.238 e. The molecule has 1 aliphatic heterocycles. The molecular weight excluding hydrogens is 351 g/mol. The topological polar surface area (TPSA) is 59.5 Å². The number of amides is 1. The first-order valence-corrected chi connectivity index (χ1v) is 9.28. The van der Waals surface area contributed by atoms with E-state index in [9.17, 15) is 9.18 Å². The second kappa shape index (κ2) is 6.97. The second-order valence-electron chi connectivity index (χ2n) is 6.00. The summed E-state index contributed by atoms with van der Waals surface area (Å²) in [6.07, 6.45) is 1.62. The van der Waals surface area contributed by atoms with Gasteiger partial charge in [0, 0.05) is 17.8 Å². The first-order chi connectivity index (χ1) is 12.7. The summed E-state index contributed by atoms with van der Waals surface area (Å²) in [5.41, 5.74) is 9.42. The lowest BCUT2D eigenvalue weighted by atomic mass is 10.0. The molecule has 1 unspecified atom stereocenters. The van der Waals surface area contributed by atoms with Gasteiger partial charge in [0.15, 0.2) is 0 Å². The molecule has 1 aliphatic rings. The molecule has 1 amide bonds. The molecule has 0 bridgehead atoms. The highest BCUT2D eigenvalue weighted by Gasteiger charge is 2.35. The van der Waals surface area contributed by atoms with E-state index in [0.717, 1.165) is 28.1 Å². The minimum Gasteiger partial charge on any atom is -0.464 e. The molecule has 3 aromatic rings. The molecule has 2 N–H and O–H groups in total. The number of carbonyl (C=O) groups excluding carboxylic acids is 1. The molecule has 0 saturated carbocycles. The van der Waals surface area contributed by atoms with Crippen LogP contribution in [0.3, 0.4) is 0 Å². The van der Waals surface area contributed by atoms with Crippen molar-refractivity contribution >= 4 is 23.4 Å². The summed E-state index contributed by atoms with van der Waals surface area (Å²) in [7, 11) is 0. The van der Waals surface area contributed by atoms with Crippen molar-refractivity contribution in [1.82, 2.24) is 0 Å². The molecule has 2 aromatic carbocycles. The average molecular weight is 368 g/mol. The van der Waals surface area contributed by atoms with Gasteiger partial charge in [-0.15, -0.1) is 11.8 Å². The Kier molecular flexibility index (Phi) is 4.53. The summed E-state index contributed by atoms with van der Waals surface area (Å²) in [5.74, 6) is 0.861. The number of benzene rings is 2. The van der Waals surface area contributed by atoms with Crippen LogP contribution in [0.1, 0.15) is 16.5 Å². The van der Waals surface area contributed by atoms with E-state index in [1.54, 1.807) is 23.3 Å². The van der Waals surface area contributed by atoms with Crippen LogP contribution in [0, 0.1) is 5.82 Å². The Morgan fingerprint density at radius 1 is 1.19 bits per heavy atom. The third kappa shape index (κ3) is 3.02. The van der Waals surface area contributed by atoms with Gasteiger partial charge in [-0.05, 0) is 53.6 Å².